The van der Waals surface area contributed by atoms with Crippen molar-refractivity contribution in [2.45, 2.75) is 79.2 Å². The van der Waals surface area contributed by atoms with Crippen LogP contribution in [0.5, 0.6) is 0 Å². The number of rotatable bonds is 5. The fraction of sp³-hybridized carbons (Fsp3) is 0.895. The second-order valence-electron chi connectivity index (χ2n) is 8.44. The van der Waals surface area contributed by atoms with E-state index in [1.165, 1.54) is 57.3 Å². The Kier molecular flexibility index (Phi) is 5.40. The first kappa shape index (κ1) is 16.9. The highest BCUT2D eigenvalue weighted by molar-refractivity contribution is 5.20. The summed E-state index contributed by atoms with van der Waals surface area (Å²) in [5.74, 6) is 0. The van der Waals surface area contributed by atoms with Gasteiger partial charge in [0.2, 0.25) is 0 Å². The molecule has 0 spiro atoms. The lowest BCUT2D eigenvalue weighted by molar-refractivity contribution is -0.000893. The summed E-state index contributed by atoms with van der Waals surface area (Å²) in [5, 5.41) is 3.70. The molecule has 0 aromatic heterocycles. The van der Waals surface area contributed by atoms with Crippen molar-refractivity contribution in [1.29, 1.82) is 0 Å². The number of hydrogen-bond acceptors (Lipinski definition) is 2. The average molecular weight is 293 g/mol. The minimum absolute atomic E-state index is 0.258. The highest BCUT2D eigenvalue weighted by Gasteiger charge is 2.46. The standard InChI is InChI=1S/C19H36N2/c1-6-7-11-20-16-14-18(2,3)17(19(4,5)15-16)21-12-9-8-10-13-21/h14,17,20H,6-13,15H2,1-5H3. The summed E-state index contributed by atoms with van der Waals surface area (Å²) in [4.78, 5) is 2.78. The molecule has 0 saturated carbocycles. The van der Waals surface area contributed by atoms with Gasteiger partial charge in [-0.3, -0.25) is 4.90 Å². The molecule has 0 amide bonds. The summed E-state index contributed by atoms with van der Waals surface area (Å²) in [7, 11) is 0. The third-order valence-corrected chi connectivity index (χ3v) is 5.28. The van der Waals surface area contributed by atoms with Crippen LogP contribution in [-0.2, 0) is 0 Å². The molecular formula is C19H36N2. The third kappa shape index (κ3) is 4.03. The van der Waals surface area contributed by atoms with Gasteiger partial charge in [0, 0.05) is 23.7 Å². The molecule has 1 N–H and O–H groups in total. The van der Waals surface area contributed by atoms with Gasteiger partial charge in [0.1, 0.15) is 0 Å². The van der Waals surface area contributed by atoms with Crippen molar-refractivity contribution in [3.05, 3.63) is 11.8 Å². The van der Waals surface area contributed by atoms with Crippen LogP contribution >= 0.6 is 0 Å². The fourth-order valence-corrected chi connectivity index (χ4v) is 4.85. The zero-order chi connectivity index (χ0) is 15.5. The van der Waals surface area contributed by atoms with E-state index in [1.54, 1.807) is 0 Å². The van der Waals surface area contributed by atoms with Gasteiger partial charge in [-0.15, -0.1) is 0 Å². The molecule has 1 aliphatic heterocycles. The number of likely N-dealkylation sites (tertiary alicyclic amines) is 1. The Labute approximate surface area is 132 Å². The first-order valence-electron chi connectivity index (χ1n) is 9.06. The van der Waals surface area contributed by atoms with Crippen LogP contribution in [0.4, 0.5) is 0 Å². The Bertz CT molecular complexity index is 362. The molecule has 0 bridgehead atoms. The van der Waals surface area contributed by atoms with Gasteiger partial charge < -0.3 is 5.32 Å². The Hall–Kier alpha value is -0.500. The van der Waals surface area contributed by atoms with E-state index in [9.17, 15) is 0 Å². The molecular weight excluding hydrogens is 256 g/mol. The Morgan fingerprint density at radius 3 is 2.38 bits per heavy atom. The zero-order valence-corrected chi connectivity index (χ0v) is 15.0. The van der Waals surface area contributed by atoms with E-state index in [4.69, 9.17) is 0 Å². The van der Waals surface area contributed by atoms with Gasteiger partial charge in [0.05, 0.1) is 0 Å². The minimum Gasteiger partial charge on any atom is -0.389 e. The van der Waals surface area contributed by atoms with E-state index in [0.29, 0.717) is 11.5 Å². The van der Waals surface area contributed by atoms with Crippen molar-refractivity contribution in [2.75, 3.05) is 19.6 Å². The molecule has 0 radical (unpaired) electrons. The zero-order valence-electron chi connectivity index (χ0n) is 15.0. The third-order valence-electron chi connectivity index (χ3n) is 5.28. The van der Waals surface area contributed by atoms with Gasteiger partial charge >= 0.3 is 0 Å². The molecule has 0 aromatic rings. The summed E-state index contributed by atoms with van der Waals surface area (Å²) in [6, 6.07) is 0.669. The minimum atomic E-state index is 0.258. The van der Waals surface area contributed by atoms with Crippen molar-refractivity contribution in [3.8, 4) is 0 Å². The van der Waals surface area contributed by atoms with E-state index in [1.807, 2.05) is 0 Å². The molecule has 2 nitrogen and oxygen atoms in total. The molecule has 1 saturated heterocycles. The van der Waals surface area contributed by atoms with Crippen LogP contribution < -0.4 is 5.32 Å². The van der Waals surface area contributed by atoms with Crippen LogP contribution in [-0.4, -0.2) is 30.6 Å². The molecule has 21 heavy (non-hydrogen) atoms. The molecule has 1 fully saturated rings. The highest BCUT2D eigenvalue weighted by atomic mass is 15.2. The van der Waals surface area contributed by atoms with Crippen molar-refractivity contribution in [2.24, 2.45) is 10.8 Å². The molecule has 1 aliphatic carbocycles. The predicted octanol–water partition coefficient (Wildman–Crippen LogP) is 4.57. The Morgan fingerprint density at radius 1 is 1.14 bits per heavy atom. The van der Waals surface area contributed by atoms with E-state index in [2.05, 4.69) is 50.9 Å². The second kappa shape index (κ2) is 6.73. The maximum absolute atomic E-state index is 3.70. The van der Waals surface area contributed by atoms with E-state index < -0.39 is 0 Å². The summed E-state index contributed by atoms with van der Waals surface area (Å²) in [6.07, 6.45) is 10.5. The van der Waals surface area contributed by atoms with E-state index >= 15 is 0 Å². The summed E-state index contributed by atoms with van der Waals surface area (Å²) in [5.41, 5.74) is 2.09. The molecule has 2 heteroatoms. The smallest absolute Gasteiger partial charge is 0.0236 e. The van der Waals surface area contributed by atoms with Crippen LogP contribution in [0.1, 0.15) is 73.1 Å². The van der Waals surface area contributed by atoms with Gasteiger partial charge in [-0.1, -0.05) is 53.5 Å². The lowest BCUT2D eigenvalue weighted by Gasteiger charge is -2.54. The second-order valence-corrected chi connectivity index (χ2v) is 8.44. The molecule has 2 rings (SSSR count). The lowest BCUT2D eigenvalue weighted by atomic mass is 9.62. The van der Waals surface area contributed by atoms with Crippen molar-refractivity contribution in [3.63, 3.8) is 0 Å². The maximum Gasteiger partial charge on any atom is 0.0236 e. The number of unbranched alkanes of at least 4 members (excludes halogenated alkanes) is 1. The predicted molar refractivity (Wildman–Crippen MR) is 92.4 cm³/mol. The monoisotopic (exact) mass is 292 g/mol. The summed E-state index contributed by atoms with van der Waals surface area (Å²) >= 11 is 0. The first-order chi connectivity index (χ1) is 9.87. The van der Waals surface area contributed by atoms with Crippen molar-refractivity contribution >= 4 is 0 Å². The van der Waals surface area contributed by atoms with E-state index in [0.717, 1.165) is 6.54 Å². The maximum atomic E-state index is 3.70. The van der Waals surface area contributed by atoms with Crippen LogP contribution in [0.25, 0.3) is 0 Å². The molecule has 1 heterocycles. The highest BCUT2D eigenvalue weighted by Crippen LogP contribution is 2.47. The van der Waals surface area contributed by atoms with Gasteiger partial charge in [0.15, 0.2) is 0 Å². The summed E-state index contributed by atoms with van der Waals surface area (Å²) < 4.78 is 0. The number of nitrogens with one attached hydrogen (secondary N) is 1. The van der Waals surface area contributed by atoms with Crippen LogP contribution in [0.15, 0.2) is 11.8 Å². The van der Waals surface area contributed by atoms with Crippen LogP contribution in [0, 0.1) is 10.8 Å². The van der Waals surface area contributed by atoms with E-state index in [-0.39, 0.29) is 5.41 Å². The fourth-order valence-electron chi connectivity index (χ4n) is 4.85. The number of hydrogen-bond donors (Lipinski definition) is 1. The molecule has 122 valence electrons. The molecule has 1 unspecified atom stereocenters. The van der Waals surface area contributed by atoms with Crippen molar-refractivity contribution < 1.29 is 0 Å². The Morgan fingerprint density at radius 2 is 1.81 bits per heavy atom. The van der Waals surface area contributed by atoms with Crippen LogP contribution in [0.3, 0.4) is 0 Å². The molecule has 1 atom stereocenters. The number of piperidine rings is 1. The summed E-state index contributed by atoms with van der Waals surface area (Å²) in [6.45, 7) is 15.8. The molecule has 0 aromatic carbocycles. The lowest BCUT2D eigenvalue weighted by Crippen LogP contribution is -2.57. The number of allylic oxidation sites excluding steroid dienone is 1. The largest absolute Gasteiger partial charge is 0.389 e. The number of nitrogens with zero attached hydrogens (tertiary/aromatic N) is 1. The van der Waals surface area contributed by atoms with Gasteiger partial charge in [-0.25, -0.2) is 0 Å². The first-order valence-corrected chi connectivity index (χ1v) is 9.06. The van der Waals surface area contributed by atoms with Gasteiger partial charge in [-0.2, -0.15) is 0 Å². The Balaban J connectivity index is 2.14. The van der Waals surface area contributed by atoms with Crippen molar-refractivity contribution in [1.82, 2.24) is 10.2 Å². The average Bonchev–Trinajstić information content (AvgIpc) is 2.37. The topological polar surface area (TPSA) is 15.3 Å². The van der Waals surface area contributed by atoms with Gasteiger partial charge in [0.25, 0.3) is 0 Å². The SMILES string of the molecule is CCCCNC1=CC(C)(C)C(N2CCCCC2)C(C)(C)C1. The van der Waals surface area contributed by atoms with Crippen LogP contribution in [0.2, 0.25) is 0 Å². The normalized spacial score (nSPS) is 29.0. The molecule has 2 aliphatic rings. The van der Waals surface area contributed by atoms with Gasteiger partial charge in [-0.05, 0) is 44.2 Å². The quantitative estimate of drug-likeness (QED) is 0.747.